The van der Waals surface area contributed by atoms with Gasteiger partial charge in [-0.2, -0.15) is 10.2 Å². The molecule has 0 atom stereocenters. The van der Waals surface area contributed by atoms with Gasteiger partial charge in [0.1, 0.15) is 26.9 Å². The molecule has 0 bridgehead atoms. The zero-order valence-electron chi connectivity index (χ0n) is 20.4. The SMILES string of the molecule is CCn1cc(Br)c(-c2ccnc3cc(C(=O)Nc4c(C(N)=O)sc5nc(C(F)F)cc(-c6ccco6)c45)nn23)n1. The summed E-state index contributed by atoms with van der Waals surface area (Å²) in [6.07, 6.45) is 1.91. The normalized spacial score (nSPS) is 11.6. The molecule has 3 N–H and O–H groups in total. The fourth-order valence-electron chi connectivity index (χ4n) is 4.24. The fraction of sp³-hybridized carbons (Fsp3) is 0.120. The van der Waals surface area contributed by atoms with Gasteiger partial charge in [-0.15, -0.1) is 11.3 Å². The number of anilines is 1. The lowest BCUT2D eigenvalue weighted by molar-refractivity contribution is 0.100. The first kappa shape index (κ1) is 25.8. The number of carbonyl (C=O) groups is 2. The second kappa shape index (κ2) is 9.91. The third-order valence-electron chi connectivity index (χ3n) is 6.03. The number of nitrogens with one attached hydrogen (secondary N) is 1. The van der Waals surface area contributed by atoms with Crippen LogP contribution in [0.5, 0.6) is 0 Å². The van der Waals surface area contributed by atoms with Crippen molar-refractivity contribution >= 4 is 60.6 Å². The summed E-state index contributed by atoms with van der Waals surface area (Å²) in [5.41, 5.74) is 6.90. The molecule has 6 rings (SSSR count). The zero-order valence-corrected chi connectivity index (χ0v) is 22.8. The van der Waals surface area contributed by atoms with Gasteiger partial charge >= 0.3 is 0 Å². The number of carbonyl (C=O) groups excluding carboxylic acids is 2. The van der Waals surface area contributed by atoms with E-state index in [0.29, 0.717) is 23.6 Å². The smallest absolute Gasteiger partial charge is 0.280 e. The van der Waals surface area contributed by atoms with Crippen molar-refractivity contribution in [2.45, 2.75) is 19.9 Å². The second-order valence-corrected chi connectivity index (χ2v) is 10.3. The predicted molar refractivity (Wildman–Crippen MR) is 146 cm³/mol. The number of primary amides is 1. The molecular formula is C25H17BrF2N8O3S. The van der Waals surface area contributed by atoms with Gasteiger partial charge in [-0.25, -0.2) is 23.3 Å². The van der Waals surface area contributed by atoms with Crippen molar-refractivity contribution in [3.8, 4) is 22.7 Å². The first-order valence-electron chi connectivity index (χ1n) is 11.7. The van der Waals surface area contributed by atoms with Crippen LogP contribution in [0, 0.1) is 0 Å². The minimum atomic E-state index is -2.88. The van der Waals surface area contributed by atoms with Crippen LogP contribution in [-0.4, -0.2) is 41.2 Å². The molecule has 0 aromatic carbocycles. The van der Waals surface area contributed by atoms with E-state index in [1.165, 1.54) is 16.8 Å². The predicted octanol–water partition coefficient (Wildman–Crippen LogP) is 5.53. The van der Waals surface area contributed by atoms with E-state index in [1.54, 1.807) is 29.1 Å². The maximum atomic E-state index is 13.6. The van der Waals surface area contributed by atoms with Gasteiger partial charge in [0.15, 0.2) is 11.3 Å². The number of alkyl halides is 2. The lowest BCUT2D eigenvalue weighted by Crippen LogP contribution is -2.17. The van der Waals surface area contributed by atoms with E-state index < -0.39 is 23.9 Å². The number of aryl methyl sites for hydroxylation is 1. The van der Waals surface area contributed by atoms with Crippen molar-refractivity contribution in [2.24, 2.45) is 5.73 Å². The summed E-state index contributed by atoms with van der Waals surface area (Å²) in [5.74, 6) is -1.30. The van der Waals surface area contributed by atoms with Crippen molar-refractivity contribution in [1.29, 1.82) is 0 Å². The number of rotatable bonds is 7. The average Bonchev–Trinajstić information content (AvgIpc) is 3.73. The molecule has 0 unspecified atom stereocenters. The molecule has 6 aromatic rings. The van der Waals surface area contributed by atoms with Crippen molar-refractivity contribution in [1.82, 2.24) is 29.4 Å². The van der Waals surface area contributed by atoms with Gasteiger partial charge in [0.25, 0.3) is 18.2 Å². The quantitative estimate of drug-likeness (QED) is 0.237. The third-order valence-corrected chi connectivity index (χ3v) is 7.71. The zero-order chi connectivity index (χ0) is 28.1. The molecule has 0 spiro atoms. The summed E-state index contributed by atoms with van der Waals surface area (Å²) >= 11 is 4.30. The summed E-state index contributed by atoms with van der Waals surface area (Å²) in [6, 6.07) is 7.52. The summed E-state index contributed by atoms with van der Waals surface area (Å²) in [4.78, 5) is 34.2. The van der Waals surface area contributed by atoms with E-state index in [1.807, 2.05) is 13.1 Å². The molecule has 202 valence electrons. The van der Waals surface area contributed by atoms with Gasteiger partial charge in [-0.1, -0.05) is 0 Å². The molecule has 40 heavy (non-hydrogen) atoms. The molecule has 0 aliphatic carbocycles. The summed E-state index contributed by atoms with van der Waals surface area (Å²) in [7, 11) is 0. The van der Waals surface area contributed by atoms with Gasteiger partial charge in [0.2, 0.25) is 0 Å². The Kier molecular flexibility index (Phi) is 6.38. The van der Waals surface area contributed by atoms with Crippen LogP contribution in [0.1, 0.15) is 39.2 Å². The van der Waals surface area contributed by atoms with Crippen LogP contribution in [0.3, 0.4) is 0 Å². The maximum absolute atomic E-state index is 13.6. The minimum Gasteiger partial charge on any atom is -0.464 e. The molecule has 0 radical (unpaired) electrons. The Balaban J connectivity index is 1.47. The van der Waals surface area contributed by atoms with Crippen LogP contribution in [0.2, 0.25) is 0 Å². The van der Waals surface area contributed by atoms with E-state index in [2.05, 4.69) is 41.4 Å². The molecule has 0 aliphatic rings. The highest BCUT2D eigenvalue weighted by molar-refractivity contribution is 9.10. The van der Waals surface area contributed by atoms with Gasteiger partial charge in [-0.05, 0) is 47.1 Å². The number of thiophene rings is 1. The number of hydrogen-bond acceptors (Lipinski definition) is 8. The topological polar surface area (TPSA) is 146 Å². The van der Waals surface area contributed by atoms with E-state index in [4.69, 9.17) is 10.2 Å². The van der Waals surface area contributed by atoms with Crippen molar-refractivity contribution < 1.29 is 22.8 Å². The van der Waals surface area contributed by atoms with E-state index in [9.17, 15) is 18.4 Å². The monoisotopic (exact) mass is 626 g/mol. The van der Waals surface area contributed by atoms with Crippen molar-refractivity contribution in [3.63, 3.8) is 0 Å². The van der Waals surface area contributed by atoms with Gasteiger partial charge in [-0.3, -0.25) is 14.3 Å². The number of halogens is 3. The summed E-state index contributed by atoms with van der Waals surface area (Å²) in [5, 5.41) is 11.9. The Morgan fingerprint density at radius 1 is 1.25 bits per heavy atom. The number of furan rings is 1. The maximum Gasteiger partial charge on any atom is 0.280 e. The average molecular weight is 627 g/mol. The van der Waals surface area contributed by atoms with Crippen LogP contribution >= 0.6 is 27.3 Å². The molecule has 0 saturated carbocycles. The lowest BCUT2D eigenvalue weighted by Gasteiger charge is -2.08. The Labute approximate surface area is 235 Å². The van der Waals surface area contributed by atoms with Crippen molar-refractivity contribution in [3.05, 3.63) is 69.7 Å². The van der Waals surface area contributed by atoms with E-state index >= 15 is 0 Å². The third kappa shape index (κ3) is 4.32. The Morgan fingerprint density at radius 2 is 2.08 bits per heavy atom. The molecule has 0 aliphatic heterocycles. The second-order valence-electron chi connectivity index (χ2n) is 8.49. The Hall–Kier alpha value is -4.50. The molecule has 6 aromatic heterocycles. The van der Waals surface area contributed by atoms with Crippen molar-refractivity contribution in [2.75, 3.05) is 5.32 Å². The number of nitrogens with zero attached hydrogens (tertiary/aromatic N) is 6. The van der Waals surface area contributed by atoms with Crippen LogP contribution in [0.25, 0.3) is 38.6 Å². The number of fused-ring (bicyclic) bond motifs is 2. The van der Waals surface area contributed by atoms with E-state index in [0.717, 1.165) is 21.9 Å². The number of nitrogens with two attached hydrogens (primary N) is 1. The number of aromatic nitrogens is 6. The first-order chi connectivity index (χ1) is 19.2. The number of hydrogen-bond donors (Lipinski definition) is 2. The first-order valence-corrected chi connectivity index (χ1v) is 13.3. The summed E-state index contributed by atoms with van der Waals surface area (Å²) < 4.78 is 36.7. The Morgan fingerprint density at radius 3 is 2.75 bits per heavy atom. The Bertz CT molecular complexity index is 1930. The minimum absolute atomic E-state index is 0.0162. The van der Waals surface area contributed by atoms with Crippen LogP contribution in [0.15, 0.2) is 57.9 Å². The molecule has 6 heterocycles. The molecule has 2 amide bonds. The molecule has 15 heteroatoms. The molecular weight excluding hydrogens is 610 g/mol. The van der Waals surface area contributed by atoms with Crippen LogP contribution in [0.4, 0.5) is 14.5 Å². The fourth-order valence-corrected chi connectivity index (χ4v) is 5.78. The molecule has 0 fully saturated rings. The van der Waals surface area contributed by atoms with Gasteiger partial charge in [0.05, 0.1) is 22.1 Å². The largest absolute Gasteiger partial charge is 0.464 e. The van der Waals surface area contributed by atoms with E-state index in [-0.39, 0.29) is 37.8 Å². The highest BCUT2D eigenvalue weighted by Crippen LogP contribution is 2.42. The summed E-state index contributed by atoms with van der Waals surface area (Å²) in [6.45, 7) is 2.61. The number of pyridine rings is 1. The number of amides is 2. The highest BCUT2D eigenvalue weighted by Gasteiger charge is 2.27. The lowest BCUT2D eigenvalue weighted by atomic mass is 10.1. The molecule has 0 saturated heterocycles. The van der Waals surface area contributed by atoms with Gasteiger partial charge in [0, 0.05) is 36.0 Å². The van der Waals surface area contributed by atoms with Crippen LogP contribution in [-0.2, 0) is 6.54 Å². The molecule has 11 nitrogen and oxygen atoms in total. The standard InChI is InChI=1S/C25H17BrF2N8O3S/c1-2-35-10-12(26)19(34-35)15-5-6-30-17-9-14(33-36(15)17)24(38)32-20-18-11(16-4-3-7-39-16)8-13(22(27)28)31-25(18)40-21(20)23(29)37/h3-10,22H,2H2,1H3,(H2,29,37)(H,32,38). The highest BCUT2D eigenvalue weighted by atomic mass is 79.9. The van der Waals surface area contributed by atoms with Crippen LogP contribution < -0.4 is 11.1 Å². The van der Waals surface area contributed by atoms with Gasteiger partial charge < -0.3 is 15.5 Å².